The Balaban J connectivity index is 1.52. The van der Waals surface area contributed by atoms with Gasteiger partial charge in [0.15, 0.2) is 5.78 Å². The zero-order valence-corrected chi connectivity index (χ0v) is 21.8. The molecular formula is C24H30N3O3PS2. The molecule has 33 heavy (non-hydrogen) atoms. The number of hydrogen-bond donors (Lipinski definition) is 1. The fourth-order valence-corrected chi connectivity index (χ4v) is 7.86. The fourth-order valence-electron chi connectivity index (χ4n) is 4.38. The highest BCUT2D eigenvalue weighted by Gasteiger charge is 2.37. The van der Waals surface area contributed by atoms with Gasteiger partial charge < -0.3 is 10.2 Å². The van der Waals surface area contributed by atoms with Crippen molar-refractivity contribution >= 4 is 47.6 Å². The number of hydrogen-bond acceptors (Lipinski definition) is 6. The Morgan fingerprint density at radius 3 is 2.58 bits per heavy atom. The molecule has 3 heterocycles. The van der Waals surface area contributed by atoms with Crippen LogP contribution in [0.2, 0.25) is 0 Å². The zero-order valence-electron chi connectivity index (χ0n) is 19.2. The molecule has 2 aliphatic rings. The van der Waals surface area contributed by atoms with Crippen LogP contribution in [0.25, 0.3) is 0 Å². The Labute approximate surface area is 204 Å². The van der Waals surface area contributed by atoms with Crippen LogP contribution in [0.5, 0.6) is 0 Å². The standard InChI is InChI=1S/C24H30N3O3PS2/c1-16-10-11-22(32-16)24(30)27-14-18-8-5-4-7-17(18)13-20(27)23(29)25-19-9-6-12-26(15-21(19)28)33-31(2)3/h4-5,7-8,10-11,19-20H,6,9,12-15H2,1-3H3,(H,25,29). The Morgan fingerprint density at radius 2 is 1.88 bits per heavy atom. The summed E-state index contributed by atoms with van der Waals surface area (Å²) < 4.78 is 2.13. The number of rotatable bonds is 5. The lowest BCUT2D eigenvalue weighted by Crippen LogP contribution is -2.55. The van der Waals surface area contributed by atoms with Crippen LogP contribution in [0, 0.1) is 6.92 Å². The van der Waals surface area contributed by atoms with Crippen molar-refractivity contribution in [2.24, 2.45) is 0 Å². The molecule has 2 unspecified atom stereocenters. The van der Waals surface area contributed by atoms with E-state index in [1.165, 1.54) is 11.3 Å². The van der Waals surface area contributed by atoms with Crippen LogP contribution in [0.4, 0.5) is 0 Å². The smallest absolute Gasteiger partial charge is 0.264 e. The lowest BCUT2D eigenvalue weighted by Gasteiger charge is -2.36. The van der Waals surface area contributed by atoms with E-state index in [1.807, 2.05) is 43.3 Å². The molecule has 2 aliphatic heterocycles. The van der Waals surface area contributed by atoms with Gasteiger partial charge in [0.05, 0.1) is 17.5 Å². The van der Waals surface area contributed by atoms with Gasteiger partial charge in [-0.05, 0) is 63.5 Å². The Hall–Kier alpha value is -1.73. The minimum atomic E-state index is -0.629. The van der Waals surface area contributed by atoms with E-state index in [9.17, 15) is 14.4 Å². The van der Waals surface area contributed by atoms with E-state index in [0.717, 1.165) is 29.0 Å². The summed E-state index contributed by atoms with van der Waals surface area (Å²) in [5.74, 6) is -0.316. The molecule has 0 spiro atoms. The molecule has 0 bridgehead atoms. The van der Waals surface area contributed by atoms with Crippen LogP contribution in [-0.4, -0.2) is 65.3 Å². The fraction of sp³-hybridized carbons (Fsp3) is 0.458. The number of benzene rings is 1. The Morgan fingerprint density at radius 1 is 1.12 bits per heavy atom. The molecule has 1 fully saturated rings. The number of fused-ring (bicyclic) bond motifs is 1. The van der Waals surface area contributed by atoms with Crippen molar-refractivity contribution in [1.29, 1.82) is 0 Å². The van der Waals surface area contributed by atoms with Crippen molar-refractivity contribution in [2.75, 3.05) is 26.4 Å². The monoisotopic (exact) mass is 503 g/mol. The maximum absolute atomic E-state index is 13.5. The molecule has 0 saturated carbocycles. The van der Waals surface area contributed by atoms with Crippen molar-refractivity contribution in [2.45, 2.75) is 44.8 Å². The van der Waals surface area contributed by atoms with Crippen molar-refractivity contribution in [3.63, 3.8) is 0 Å². The number of carbonyl (C=O) groups is 3. The molecule has 1 saturated heterocycles. The first-order chi connectivity index (χ1) is 15.8. The maximum atomic E-state index is 13.5. The van der Waals surface area contributed by atoms with Crippen LogP contribution in [0.1, 0.15) is 38.5 Å². The number of Topliss-reactive ketones (excluding diaryl/α,β-unsaturated/α-hetero) is 1. The highest BCUT2D eigenvalue weighted by atomic mass is 32.7. The third-order valence-corrected chi connectivity index (χ3v) is 9.51. The molecule has 9 heteroatoms. The summed E-state index contributed by atoms with van der Waals surface area (Å²) in [6, 6.07) is 10.6. The number of amides is 2. The molecule has 176 valence electrons. The lowest BCUT2D eigenvalue weighted by molar-refractivity contribution is -0.130. The van der Waals surface area contributed by atoms with E-state index in [0.29, 0.717) is 30.8 Å². The second kappa shape index (κ2) is 10.7. The van der Waals surface area contributed by atoms with Gasteiger partial charge in [-0.2, -0.15) is 0 Å². The number of nitrogens with zero attached hydrogens (tertiary/aromatic N) is 2. The quantitative estimate of drug-likeness (QED) is 0.492. The highest BCUT2D eigenvalue weighted by Crippen LogP contribution is 2.44. The third-order valence-electron chi connectivity index (χ3n) is 5.98. The Kier molecular flexibility index (Phi) is 7.90. The molecule has 0 aliphatic carbocycles. The summed E-state index contributed by atoms with van der Waals surface area (Å²) >= 11 is 3.20. The van der Waals surface area contributed by atoms with E-state index < -0.39 is 12.1 Å². The van der Waals surface area contributed by atoms with Crippen LogP contribution in [-0.2, 0) is 22.6 Å². The summed E-state index contributed by atoms with van der Waals surface area (Å²) in [6.45, 7) is 7.91. The molecule has 2 amide bonds. The van der Waals surface area contributed by atoms with Gasteiger partial charge in [0, 0.05) is 24.4 Å². The van der Waals surface area contributed by atoms with Gasteiger partial charge >= 0.3 is 0 Å². The first-order valence-electron chi connectivity index (χ1n) is 11.2. The molecular weight excluding hydrogens is 473 g/mol. The van der Waals surface area contributed by atoms with Crippen LogP contribution >= 0.6 is 30.0 Å². The second-order valence-corrected chi connectivity index (χ2v) is 15.0. The van der Waals surface area contributed by atoms with Gasteiger partial charge in [0.25, 0.3) is 5.91 Å². The van der Waals surface area contributed by atoms with Gasteiger partial charge in [0.2, 0.25) is 5.91 Å². The summed E-state index contributed by atoms with van der Waals surface area (Å²) in [5.41, 5.74) is 2.15. The van der Waals surface area contributed by atoms with Gasteiger partial charge in [-0.1, -0.05) is 35.8 Å². The van der Waals surface area contributed by atoms with Gasteiger partial charge in [-0.15, -0.1) is 11.3 Å². The van der Waals surface area contributed by atoms with Crippen LogP contribution in [0.3, 0.4) is 0 Å². The van der Waals surface area contributed by atoms with Crippen molar-refractivity contribution < 1.29 is 14.4 Å². The summed E-state index contributed by atoms with van der Waals surface area (Å²) in [5, 5.41) is 3.01. The number of aryl methyl sites for hydroxylation is 1. The number of ketones is 1. The maximum Gasteiger partial charge on any atom is 0.264 e. The molecule has 0 radical (unpaired) electrons. The topological polar surface area (TPSA) is 69.7 Å². The van der Waals surface area contributed by atoms with E-state index in [4.69, 9.17) is 0 Å². The van der Waals surface area contributed by atoms with Gasteiger partial charge in [-0.3, -0.25) is 14.4 Å². The van der Waals surface area contributed by atoms with Crippen molar-refractivity contribution in [1.82, 2.24) is 14.5 Å². The summed E-state index contributed by atoms with van der Waals surface area (Å²) in [4.78, 5) is 43.1. The number of carbonyl (C=O) groups excluding carboxylic acids is 3. The summed E-state index contributed by atoms with van der Waals surface area (Å²) in [7, 11) is -0.194. The summed E-state index contributed by atoms with van der Waals surface area (Å²) in [6.07, 6.45) is 1.95. The SMILES string of the molecule is Cc1ccc(C(=O)N2Cc3ccccc3CC2C(=O)NC2CCCN(SP(C)C)CC2=O)s1. The number of thiophene rings is 1. The largest absolute Gasteiger partial charge is 0.344 e. The minimum absolute atomic E-state index is 0.0492. The predicted molar refractivity (Wildman–Crippen MR) is 137 cm³/mol. The normalized spacial score (nSPS) is 21.6. The molecule has 4 rings (SSSR count). The molecule has 1 aromatic heterocycles. The van der Waals surface area contributed by atoms with E-state index in [2.05, 4.69) is 23.0 Å². The zero-order chi connectivity index (χ0) is 23.5. The van der Waals surface area contributed by atoms with Gasteiger partial charge in [-0.25, -0.2) is 4.31 Å². The number of nitrogens with one attached hydrogen (secondary N) is 1. The molecule has 2 atom stereocenters. The minimum Gasteiger partial charge on any atom is -0.344 e. The highest BCUT2D eigenvalue weighted by molar-refractivity contribution is 8.54. The first kappa shape index (κ1) is 24.4. The van der Waals surface area contributed by atoms with Crippen molar-refractivity contribution in [3.8, 4) is 0 Å². The van der Waals surface area contributed by atoms with E-state index >= 15 is 0 Å². The van der Waals surface area contributed by atoms with E-state index in [1.54, 1.807) is 16.5 Å². The van der Waals surface area contributed by atoms with E-state index in [-0.39, 0.29) is 24.7 Å². The first-order valence-corrected chi connectivity index (χ1v) is 15.6. The average molecular weight is 504 g/mol. The lowest BCUT2D eigenvalue weighted by atomic mass is 9.93. The van der Waals surface area contributed by atoms with Crippen LogP contribution < -0.4 is 5.32 Å². The molecule has 6 nitrogen and oxygen atoms in total. The van der Waals surface area contributed by atoms with Crippen molar-refractivity contribution in [3.05, 3.63) is 57.3 Å². The Bertz CT molecular complexity index is 1040. The molecule has 1 aromatic carbocycles. The second-order valence-electron chi connectivity index (χ2n) is 8.76. The van der Waals surface area contributed by atoms with Crippen LogP contribution in [0.15, 0.2) is 36.4 Å². The van der Waals surface area contributed by atoms with Gasteiger partial charge in [0.1, 0.15) is 6.04 Å². The predicted octanol–water partition coefficient (Wildman–Crippen LogP) is 4.08. The molecule has 2 aromatic rings. The third kappa shape index (κ3) is 5.86. The average Bonchev–Trinajstić information content (AvgIpc) is 3.15. The molecule has 1 N–H and O–H groups in total.